The number of piperidine rings is 2. The monoisotopic (exact) mass is 353 g/mol. The lowest BCUT2D eigenvalue weighted by Crippen LogP contribution is -2.35. The molecule has 2 fully saturated rings. The van der Waals surface area contributed by atoms with Gasteiger partial charge in [-0.3, -0.25) is 19.7 Å². The van der Waals surface area contributed by atoms with Gasteiger partial charge in [0.05, 0.1) is 11.4 Å². The first-order valence-electron chi connectivity index (χ1n) is 9.76. The molecule has 2 saturated heterocycles. The quantitative estimate of drug-likeness (QED) is 0.915. The Morgan fingerprint density at radius 3 is 2.62 bits per heavy atom. The molecule has 0 saturated carbocycles. The lowest BCUT2D eigenvalue weighted by atomic mass is 9.93. The van der Waals surface area contributed by atoms with Crippen molar-refractivity contribution in [2.24, 2.45) is 0 Å². The minimum Gasteiger partial charge on any atom is -0.342 e. The van der Waals surface area contributed by atoms with Crippen LogP contribution in [0.15, 0.2) is 35.3 Å². The molecule has 4 heterocycles. The van der Waals surface area contributed by atoms with Gasteiger partial charge in [0.15, 0.2) is 0 Å². The van der Waals surface area contributed by atoms with Gasteiger partial charge in [-0.25, -0.2) is 4.98 Å². The first-order chi connectivity index (χ1) is 12.8. The van der Waals surface area contributed by atoms with Crippen LogP contribution < -0.4 is 10.5 Å². The Kier molecular flexibility index (Phi) is 5.29. The van der Waals surface area contributed by atoms with E-state index in [0.29, 0.717) is 5.92 Å². The molecule has 2 aromatic rings. The number of nitrogens with zero attached hydrogens (tertiary/aromatic N) is 4. The highest BCUT2D eigenvalue weighted by molar-refractivity contribution is 5.31. The molecule has 0 unspecified atom stereocenters. The van der Waals surface area contributed by atoms with Crippen molar-refractivity contribution >= 4 is 5.95 Å². The standard InChI is InChI=1S/C20H27N5O/c26-19-14-18(22-20(23-19)25-10-4-1-5-11-25)16-7-12-24(13-8-16)15-17-6-2-3-9-21-17/h2-3,6,9,14,16H,1,4-5,7-8,10-13,15H2,(H,22,23,26). The van der Waals surface area contributed by atoms with Crippen LogP contribution in [0.5, 0.6) is 0 Å². The van der Waals surface area contributed by atoms with Gasteiger partial charge in [-0.1, -0.05) is 6.07 Å². The molecule has 0 aliphatic carbocycles. The van der Waals surface area contributed by atoms with Crippen LogP contribution in [0, 0.1) is 0 Å². The fourth-order valence-corrected chi connectivity index (χ4v) is 4.04. The van der Waals surface area contributed by atoms with E-state index in [1.54, 1.807) is 6.07 Å². The van der Waals surface area contributed by atoms with E-state index in [9.17, 15) is 4.79 Å². The van der Waals surface area contributed by atoms with Crippen molar-refractivity contribution in [2.75, 3.05) is 31.1 Å². The molecule has 2 aliphatic rings. The Balaban J connectivity index is 1.41. The van der Waals surface area contributed by atoms with Crippen LogP contribution in [0.4, 0.5) is 5.95 Å². The van der Waals surface area contributed by atoms with Crippen molar-refractivity contribution in [2.45, 2.75) is 44.6 Å². The number of anilines is 1. The van der Waals surface area contributed by atoms with E-state index in [0.717, 1.165) is 62.9 Å². The van der Waals surface area contributed by atoms with Crippen LogP contribution in [0.2, 0.25) is 0 Å². The van der Waals surface area contributed by atoms with Gasteiger partial charge in [-0.2, -0.15) is 0 Å². The summed E-state index contributed by atoms with van der Waals surface area (Å²) in [6, 6.07) is 7.77. The molecule has 6 heteroatoms. The molecule has 2 aliphatic heterocycles. The Labute approximate surface area is 154 Å². The van der Waals surface area contributed by atoms with Gasteiger partial charge in [0.2, 0.25) is 5.95 Å². The van der Waals surface area contributed by atoms with Gasteiger partial charge in [0, 0.05) is 37.8 Å². The number of aromatic amines is 1. The van der Waals surface area contributed by atoms with Crippen molar-refractivity contribution < 1.29 is 0 Å². The second kappa shape index (κ2) is 7.99. The van der Waals surface area contributed by atoms with E-state index in [-0.39, 0.29) is 5.56 Å². The van der Waals surface area contributed by atoms with E-state index in [1.165, 1.54) is 19.3 Å². The zero-order chi connectivity index (χ0) is 17.8. The van der Waals surface area contributed by atoms with E-state index >= 15 is 0 Å². The highest BCUT2D eigenvalue weighted by atomic mass is 16.1. The van der Waals surface area contributed by atoms with Crippen LogP contribution in [-0.4, -0.2) is 46.0 Å². The molecule has 1 N–H and O–H groups in total. The van der Waals surface area contributed by atoms with Gasteiger partial charge >= 0.3 is 0 Å². The highest BCUT2D eigenvalue weighted by Gasteiger charge is 2.23. The van der Waals surface area contributed by atoms with Crippen molar-refractivity contribution in [1.82, 2.24) is 19.9 Å². The summed E-state index contributed by atoms with van der Waals surface area (Å²) < 4.78 is 0. The maximum atomic E-state index is 12.2. The molecule has 0 spiro atoms. The molecular weight excluding hydrogens is 326 g/mol. The van der Waals surface area contributed by atoms with E-state index in [4.69, 9.17) is 4.98 Å². The highest BCUT2D eigenvalue weighted by Crippen LogP contribution is 2.27. The predicted octanol–water partition coefficient (Wildman–Crippen LogP) is 2.53. The van der Waals surface area contributed by atoms with Crippen molar-refractivity contribution in [3.63, 3.8) is 0 Å². The zero-order valence-electron chi connectivity index (χ0n) is 15.2. The molecule has 6 nitrogen and oxygen atoms in total. The average molecular weight is 353 g/mol. The number of nitrogens with one attached hydrogen (secondary N) is 1. The van der Waals surface area contributed by atoms with Gasteiger partial charge in [0.25, 0.3) is 5.56 Å². The molecule has 0 bridgehead atoms. The first-order valence-corrected chi connectivity index (χ1v) is 9.76. The molecule has 0 amide bonds. The maximum absolute atomic E-state index is 12.2. The van der Waals surface area contributed by atoms with Crippen LogP contribution in [0.1, 0.15) is 49.4 Å². The minimum absolute atomic E-state index is 0.0218. The Morgan fingerprint density at radius 1 is 1.08 bits per heavy atom. The van der Waals surface area contributed by atoms with E-state index < -0.39 is 0 Å². The van der Waals surface area contributed by atoms with Crippen molar-refractivity contribution in [3.8, 4) is 0 Å². The Bertz CT molecular complexity index is 761. The Morgan fingerprint density at radius 2 is 1.88 bits per heavy atom. The van der Waals surface area contributed by atoms with Gasteiger partial charge in [0.1, 0.15) is 0 Å². The fraction of sp³-hybridized carbons (Fsp3) is 0.550. The maximum Gasteiger partial charge on any atom is 0.252 e. The lowest BCUT2D eigenvalue weighted by molar-refractivity contribution is 0.201. The largest absolute Gasteiger partial charge is 0.342 e. The summed E-state index contributed by atoms with van der Waals surface area (Å²) in [4.78, 5) is 29.0. The lowest BCUT2D eigenvalue weighted by Gasteiger charge is -2.32. The van der Waals surface area contributed by atoms with Crippen molar-refractivity contribution in [3.05, 3.63) is 52.2 Å². The third kappa shape index (κ3) is 4.12. The molecular formula is C20H27N5O. The van der Waals surface area contributed by atoms with E-state index in [1.807, 2.05) is 18.3 Å². The second-order valence-electron chi connectivity index (χ2n) is 7.41. The summed E-state index contributed by atoms with van der Waals surface area (Å²) in [7, 11) is 0. The number of hydrogen-bond donors (Lipinski definition) is 1. The topological polar surface area (TPSA) is 65.1 Å². The summed E-state index contributed by atoms with van der Waals surface area (Å²) in [6.07, 6.45) is 7.57. The number of pyridine rings is 1. The number of H-pyrrole nitrogens is 1. The predicted molar refractivity (Wildman–Crippen MR) is 102 cm³/mol. The molecule has 2 aromatic heterocycles. The normalized spacial score (nSPS) is 19.6. The summed E-state index contributed by atoms with van der Waals surface area (Å²) in [5, 5.41) is 0. The summed E-state index contributed by atoms with van der Waals surface area (Å²) in [5.41, 5.74) is 2.06. The molecule has 0 aromatic carbocycles. The summed E-state index contributed by atoms with van der Waals surface area (Å²) in [6.45, 7) is 4.93. The summed E-state index contributed by atoms with van der Waals surface area (Å²) >= 11 is 0. The molecule has 0 radical (unpaired) electrons. The van der Waals surface area contributed by atoms with Gasteiger partial charge in [-0.05, 0) is 57.3 Å². The number of aromatic nitrogens is 3. The number of rotatable bonds is 4. The third-order valence-corrected chi connectivity index (χ3v) is 5.52. The molecule has 0 atom stereocenters. The van der Waals surface area contributed by atoms with Crippen LogP contribution >= 0.6 is 0 Å². The number of likely N-dealkylation sites (tertiary alicyclic amines) is 1. The van der Waals surface area contributed by atoms with Crippen LogP contribution in [-0.2, 0) is 6.54 Å². The van der Waals surface area contributed by atoms with Gasteiger partial charge in [-0.15, -0.1) is 0 Å². The second-order valence-corrected chi connectivity index (χ2v) is 7.41. The van der Waals surface area contributed by atoms with Crippen LogP contribution in [0.25, 0.3) is 0 Å². The smallest absolute Gasteiger partial charge is 0.252 e. The molecule has 26 heavy (non-hydrogen) atoms. The van der Waals surface area contributed by atoms with E-state index in [2.05, 4.69) is 25.8 Å². The molecule has 138 valence electrons. The van der Waals surface area contributed by atoms with Gasteiger partial charge < -0.3 is 4.90 Å². The summed E-state index contributed by atoms with van der Waals surface area (Å²) in [5.74, 6) is 1.14. The SMILES string of the molecule is O=c1cc(C2CCN(Cc3ccccn3)CC2)nc(N2CCCCC2)[nH]1. The zero-order valence-corrected chi connectivity index (χ0v) is 15.2. The molecule has 4 rings (SSSR count). The van der Waals surface area contributed by atoms with Crippen molar-refractivity contribution in [1.29, 1.82) is 0 Å². The third-order valence-electron chi connectivity index (χ3n) is 5.52. The number of hydrogen-bond acceptors (Lipinski definition) is 5. The Hall–Kier alpha value is -2.21. The van der Waals surface area contributed by atoms with Crippen LogP contribution in [0.3, 0.4) is 0 Å². The minimum atomic E-state index is -0.0218. The average Bonchev–Trinajstić information content (AvgIpc) is 2.70. The first kappa shape index (κ1) is 17.2. The fourth-order valence-electron chi connectivity index (χ4n) is 4.04.